The first kappa shape index (κ1) is 26.0. The Balaban J connectivity index is 1.56. The molecule has 3 aromatic rings. The van der Waals surface area contributed by atoms with Crippen LogP contribution < -0.4 is 9.62 Å². The van der Waals surface area contributed by atoms with Crippen LogP contribution in [-0.4, -0.2) is 33.9 Å². The summed E-state index contributed by atoms with van der Waals surface area (Å²) in [6.45, 7) is 5.94. The zero-order valence-corrected chi connectivity index (χ0v) is 21.2. The number of benzene rings is 3. The number of rotatable bonds is 9. The molecular weight excluding hydrogens is 464 g/mol. The van der Waals surface area contributed by atoms with Crippen molar-refractivity contribution in [3.8, 4) is 0 Å². The predicted octanol–water partition coefficient (Wildman–Crippen LogP) is 5.01. The van der Waals surface area contributed by atoms with Crippen molar-refractivity contribution in [1.82, 2.24) is 0 Å². The molecular formula is C27H30N2O5S. The molecule has 0 radical (unpaired) electrons. The van der Waals surface area contributed by atoms with Crippen LogP contribution in [0.15, 0.2) is 71.6 Å². The summed E-state index contributed by atoms with van der Waals surface area (Å²) >= 11 is 0. The van der Waals surface area contributed by atoms with Gasteiger partial charge in [0.05, 0.1) is 22.8 Å². The number of ether oxygens (including phenoxy) is 1. The van der Waals surface area contributed by atoms with E-state index in [0.29, 0.717) is 12.1 Å². The Morgan fingerprint density at radius 3 is 2.23 bits per heavy atom. The Bertz CT molecular complexity index is 1300. The van der Waals surface area contributed by atoms with Gasteiger partial charge >= 0.3 is 5.97 Å². The van der Waals surface area contributed by atoms with Crippen molar-refractivity contribution >= 4 is 33.3 Å². The molecule has 0 saturated carbocycles. The first-order valence-corrected chi connectivity index (χ1v) is 12.7. The normalized spacial score (nSPS) is 11.1. The van der Waals surface area contributed by atoms with E-state index in [9.17, 15) is 18.0 Å². The Morgan fingerprint density at radius 2 is 1.57 bits per heavy atom. The Hall–Kier alpha value is -3.65. The molecule has 1 amide bonds. The van der Waals surface area contributed by atoms with Gasteiger partial charge in [-0.2, -0.15) is 0 Å². The number of carbonyl (C=O) groups excluding carboxylic acids is 2. The average molecular weight is 495 g/mol. The van der Waals surface area contributed by atoms with Crippen LogP contribution in [0.3, 0.4) is 0 Å². The Morgan fingerprint density at radius 1 is 0.914 bits per heavy atom. The van der Waals surface area contributed by atoms with E-state index in [2.05, 4.69) is 5.32 Å². The van der Waals surface area contributed by atoms with Gasteiger partial charge in [-0.25, -0.2) is 13.2 Å². The van der Waals surface area contributed by atoms with Crippen LogP contribution in [0, 0.1) is 20.8 Å². The van der Waals surface area contributed by atoms with Crippen LogP contribution in [0.1, 0.15) is 39.9 Å². The summed E-state index contributed by atoms with van der Waals surface area (Å²) in [5, 5.41) is 2.92. The summed E-state index contributed by atoms with van der Waals surface area (Å²) in [4.78, 5) is 24.8. The zero-order valence-electron chi connectivity index (χ0n) is 20.4. The minimum absolute atomic E-state index is 0.0125. The molecule has 35 heavy (non-hydrogen) atoms. The number of esters is 1. The molecule has 3 rings (SSSR count). The van der Waals surface area contributed by atoms with Crippen LogP contribution in [0.4, 0.5) is 11.4 Å². The Labute approximate surface area is 206 Å². The maximum absolute atomic E-state index is 13.0. The molecule has 0 aliphatic heterocycles. The smallest absolute Gasteiger partial charge is 0.338 e. The molecule has 0 aromatic heterocycles. The van der Waals surface area contributed by atoms with Crippen molar-refractivity contribution in [2.45, 2.75) is 38.5 Å². The van der Waals surface area contributed by atoms with Crippen molar-refractivity contribution in [1.29, 1.82) is 0 Å². The van der Waals surface area contributed by atoms with Gasteiger partial charge in [0.1, 0.15) is 0 Å². The molecule has 0 aliphatic rings. The summed E-state index contributed by atoms with van der Waals surface area (Å²) in [5.74, 6) is -0.803. The summed E-state index contributed by atoms with van der Waals surface area (Å²) in [6.07, 6.45) is 0.534. The van der Waals surface area contributed by atoms with E-state index in [0.717, 1.165) is 26.7 Å². The number of hydrogen-bond donors (Lipinski definition) is 1. The summed E-state index contributed by atoms with van der Waals surface area (Å²) < 4.78 is 32.4. The largest absolute Gasteiger partial charge is 0.462 e. The monoisotopic (exact) mass is 494 g/mol. The second-order valence-corrected chi connectivity index (χ2v) is 10.4. The number of sulfonamides is 1. The van der Waals surface area contributed by atoms with Gasteiger partial charge in [-0.15, -0.1) is 0 Å². The fourth-order valence-electron chi connectivity index (χ4n) is 3.78. The highest BCUT2D eigenvalue weighted by molar-refractivity contribution is 7.92. The van der Waals surface area contributed by atoms with Gasteiger partial charge in [0.25, 0.3) is 10.0 Å². The third-order valence-corrected chi connectivity index (χ3v) is 7.35. The first-order chi connectivity index (χ1) is 16.6. The second-order valence-electron chi connectivity index (χ2n) is 8.40. The number of aryl methyl sites for hydroxylation is 3. The van der Waals surface area contributed by atoms with E-state index in [1.807, 2.05) is 32.9 Å². The molecule has 1 N–H and O–H groups in total. The molecule has 0 aliphatic carbocycles. The van der Waals surface area contributed by atoms with Gasteiger partial charge in [-0.3, -0.25) is 9.10 Å². The van der Waals surface area contributed by atoms with E-state index < -0.39 is 16.0 Å². The number of amides is 1. The van der Waals surface area contributed by atoms with Gasteiger partial charge in [-0.05, 0) is 68.7 Å². The predicted molar refractivity (Wildman–Crippen MR) is 137 cm³/mol. The quantitative estimate of drug-likeness (QED) is 0.333. The zero-order chi connectivity index (χ0) is 25.6. The summed E-state index contributed by atoms with van der Waals surface area (Å²) in [5.41, 5.74) is 4.56. The van der Waals surface area contributed by atoms with E-state index >= 15 is 0 Å². The van der Waals surface area contributed by atoms with Crippen molar-refractivity contribution < 1.29 is 22.7 Å². The molecule has 0 fully saturated rings. The molecule has 0 atom stereocenters. The van der Waals surface area contributed by atoms with E-state index in [1.165, 1.54) is 31.3 Å². The van der Waals surface area contributed by atoms with Crippen LogP contribution in [-0.2, 0) is 19.6 Å². The molecule has 3 aromatic carbocycles. The summed E-state index contributed by atoms with van der Waals surface area (Å²) in [6, 6.07) is 18.4. The number of hydrogen-bond acceptors (Lipinski definition) is 5. The highest BCUT2D eigenvalue weighted by Crippen LogP contribution is 2.23. The summed E-state index contributed by atoms with van der Waals surface area (Å²) in [7, 11) is -2.39. The van der Waals surface area contributed by atoms with Crippen LogP contribution in [0.25, 0.3) is 0 Å². The fraction of sp³-hybridized carbons (Fsp3) is 0.259. The van der Waals surface area contributed by atoms with E-state index in [4.69, 9.17) is 4.74 Å². The lowest BCUT2D eigenvalue weighted by Crippen LogP contribution is -2.26. The lowest BCUT2D eigenvalue weighted by Gasteiger charge is -2.19. The van der Waals surface area contributed by atoms with Crippen LogP contribution in [0.2, 0.25) is 0 Å². The number of anilines is 2. The number of carbonyl (C=O) groups is 2. The molecule has 8 heteroatoms. The number of nitrogens with one attached hydrogen (secondary N) is 1. The van der Waals surface area contributed by atoms with Crippen molar-refractivity contribution in [2.24, 2.45) is 0 Å². The van der Waals surface area contributed by atoms with Crippen molar-refractivity contribution in [2.75, 3.05) is 23.3 Å². The van der Waals surface area contributed by atoms with E-state index in [1.54, 1.807) is 30.3 Å². The van der Waals surface area contributed by atoms with Gasteiger partial charge in [0, 0.05) is 19.2 Å². The number of para-hydroxylation sites is 1. The SMILES string of the molecule is Cc1cc(C)c(NC(=O)CCCOC(=O)c2cccc(S(=O)(=O)N(C)c3ccccc3)c2)c(C)c1. The standard InChI is InChI=1S/C27H30N2O5S/c1-19-16-20(2)26(21(3)17-19)28-25(30)14-9-15-34-27(31)22-10-8-13-24(18-22)35(32,33)29(4)23-11-6-5-7-12-23/h5-8,10-13,16-18H,9,14-15H2,1-4H3,(H,28,30). The van der Waals surface area contributed by atoms with Gasteiger partial charge in [-0.1, -0.05) is 42.0 Å². The molecule has 0 saturated heterocycles. The molecule has 0 heterocycles. The average Bonchev–Trinajstić information content (AvgIpc) is 2.84. The third-order valence-electron chi connectivity index (χ3n) is 5.57. The van der Waals surface area contributed by atoms with Crippen molar-refractivity contribution in [3.63, 3.8) is 0 Å². The lowest BCUT2D eigenvalue weighted by molar-refractivity contribution is -0.116. The van der Waals surface area contributed by atoms with Gasteiger partial charge in [0.15, 0.2) is 0 Å². The van der Waals surface area contributed by atoms with Crippen molar-refractivity contribution in [3.05, 3.63) is 89.0 Å². The maximum atomic E-state index is 13.0. The van der Waals surface area contributed by atoms with Gasteiger partial charge in [0.2, 0.25) is 5.91 Å². The highest BCUT2D eigenvalue weighted by atomic mass is 32.2. The molecule has 0 spiro atoms. The van der Waals surface area contributed by atoms with E-state index in [-0.39, 0.29) is 29.4 Å². The minimum Gasteiger partial charge on any atom is -0.462 e. The highest BCUT2D eigenvalue weighted by Gasteiger charge is 2.22. The topological polar surface area (TPSA) is 92.8 Å². The first-order valence-electron chi connectivity index (χ1n) is 11.3. The third kappa shape index (κ3) is 6.48. The van der Waals surface area contributed by atoms with Crippen LogP contribution >= 0.6 is 0 Å². The van der Waals surface area contributed by atoms with Crippen LogP contribution in [0.5, 0.6) is 0 Å². The molecule has 7 nitrogen and oxygen atoms in total. The Kier molecular flexibility index (Phi) is 8.30. The fourth-order valence-corrected chi connectivity index (χ4v) is 5.02. The maximum Gasteiger partial charge on any atom is 0.338 e. The van der Waals surface area contributed by atoms with Gasteiger partial charge < -0.3 is 10.1 Å². The minimum atomic E-state index is -3.85. The number of nitrogens with zero attached hydrogens (tertiary/aromatic N) is 1. The molecule has 0 unspecified atom stereocenters. The molecule has 184 valence electrons. The lowest BCUT2D eigenvalue weighted by atomic mass is 10.0. The molecule has 0 bridgehead atoms. The second kappa shape index (κ2) is 11.2.